The zero-order valence-electron chi connectivity index (χ0n) is 11.4. The largest absolute Gasteiger partial charge is 0.489 e. The van der Waals surface area contributed by atoms with Crippen LogP contribution in [-0.4, -0.2) is 32.7 Å². The highest BCUT2D eigenvalue weighted by atomic mass is 127. The highest BCUT2D eigenvalue weighted by Gasteiger charge is 2.26. The van der Waals surface area contributed by atoms with Crippen LogP contribution >= 0.6 is 38.5 Å². The molecule has 0 aliphatic heterocycles. The Morgan fingerprint density at radius 3 is 2.96 bits per heavy atom. The van der Waals surface area contributed by atoms with E-state index in [0.29, 0.717) is 8.04 Å². The molecule has 0 bridgehead atoms. The maximum atomic E-state index is 11.4. The van der Waals surface area contributed by atoms with Crippen molar-refractivity contribution in [3.63, 3.8) is 0 Å². The first kappa shape index (κ1) is 17.1. The van der Waals surface area contributed by atoms with Crippen LogP contribution in [0, 0.1) is 25.0 Å². The number of nitriles is 1. The third-order valence-corrected chi connectivity index (χ3v) is 4.06. The summed E-state index contributed by atoms with van der Waals surface area (Å²) in [5.41, 5.74) is -0.00875. The Labute approximate surface area is 151 Å². The number of aromatic amines is 1. The SMILES string of the molecule is COc1c(Br)cc(I)c(NC=C(C#N)c2nn[nH]n2)c1[N+](=O)[O-]. The van der Waals surface area contributed by atoms with E-state index in [9.17, 15) is 10.1 Å². The van der Waals surface area contributed by atoms with E-state index in [1.165, 1.54) is 13.3 Å². The van der Waals surface area contributed by atoms with Crippen molar-refractivity contribution in [2.24, 2.45) is 0 Å². The van der Waals surface area contributed by atoms with E-state index >= 15 is 0 Å². The third kappa shape index (κ3) is 3.56. The molecule has 0 amide bonds. The molecule has 0 unspecified atom stereocenters. The first-order valence-electron chi connectivity index (χ1n) is 5.80. The summed E-state index contributed by atoms with van der Waals surface area (Å²) in [6.07, 6.45) is 1.27. The van der Waals surface area contributed by atoms with Crippen molar-refractivity contribution in [2.75, 3.05) is 12.4 Å². The van der Waals surface area contributed by atoms with Gasteiger partial charge < -0.3 is 10.1 Å². The minimum absolute atomic E-state index is 0.0609. The number of halogens is 2. The number of H-pyrrole nitrogens is 1. The lowest BCUT2D eigenvalue weighted by molar-refractivity contribution is -0.384. The molecular formula is C11H7BrIN7O3. The van der Waals surface area contributed by atoms with Crippen LogP contribution in [0.1, 0.15) is 5.82 Å². The summed E-state index contributed by atoms with van der Waals surface area (Å²) in [5, 5.41) is 36.2. The Bertz CT molecular complexity index is 816. The lowest BCUT2D eigenvalue weighted by Gasteiger charge is -2.11. The van der Waals surface area contributed by atoms with Crippen LogP contribution in [0.4, 0.5) is 11.4 Å². The molecule has 0 atom stereocenters. The van der Waals surface area contributed by atoms with Crippen molar-refractivity contribution in [1.29, 1.82) is 5.26 Å². The maximum Gasteiger partial charge on any atom is 0.336 e. The predicted molar refractivity (Wildman–Crippen MR) is 91.5 cm³/mol. The van der Waals surface area contributed by atoms with E-state index in [1.54, 1.807) is 6.07 Å². The lowest BCUT2D eigenvalue weighted by atomic mass is 10.2. The Balaban J connectivity index is 2.52. The number of hydrogen-bond donors (Lipinski definition) is 2. The monoisotopic (exact) mass is 491 g/mol. The molecule has 0 aliphatic carbocycles. The number of nitrogens with zero attached hydrogens (tertiary/aromatic N) is 5. The molecule has 2 N–H and O–H groups in total. The molecule has 1 aromatic carbocycles. The fourth-order valence-corrected chi connectivity index (χ4v) is 3.39. The molecule has 23 heavy (non-hydrogen) atoms. The minimum Gasteiger partial charge on any atom is -0.489 e. The second kappa shape index (κ2) is 7.33. The molecule has 0 fully saturated rings. The van der Waals surface area contributed by atoms with Gasteiger partial charge in [-0.3, -0.25) is 10.1 Å². The molecule has 0 saturated heterocycles. The van der Waals surface area contributed by atoms with Crippen LogP contribution in [0.15, 0.2) is 16.7 Å². The average molecular weight is 492 g/mol. The van der Waals surface area contributed by atoms with Crippen LogP contribution in [0.5, 0.6) is 5.75 Å². The van der Waals surface area contributed by atoms with E-state index in [2.05, 4.69) is 41.9 Å². The molecule has 0 spiro atoms. The topological polar surface area (TPSA) is 143 Å². The van der Waals surface area contributed by atoms with Gasteiger partial charge in [0.05, 0.1) is 16.5 Å². The number of aromatic nitrogens is 4. The summed E-state index contributed by atoms with van der Waals surface area (Å²) >= 11 is 5.16. The third-order valence-electron chi connectivity index (χ3n) is 2.62. The summed E-state index contributed by atoms with van der Waals surface area (Å²) in [5.74, 6) is 0.145. The molecule has 12 heteroatoms. The van der Waals surface area contributed by atoms with E-state index in [-0.39, 0.29) is 28.5 Å². The Morgan fingerprint density at radius 2 is 2.43 bits per heavy atom. The number of anilines is 1. The number of hydrogen-bond acceptors (Lipinski definition) is 8. The fourth-order valence-electron chi connectivity index (χ4n) is 1.66. The van der Waals surface area contributed by atoms with Crippen molar-refractivity contribution >= 4 is 55.5 Å². The van der Waals surface area contributed by atoms with Gasteiger partial charge in [0.1, 0.15) is 17.3 Å². The van der Waals surface area contributed by atoms with Gasteiger partial charge in [-0.15, -0.1) is 10.2 Å². The Kier molecular flexibility index (Phi) is 5.45. The summed E-state index contributed by atoms with van der Waals surface area (Å²) in [6.45, 7) is 0. The van der Waals surface area contributed by atoms with Gasteiger partial charge in [-0.2, -0.15) is 10.5 Å². The summed E-state index contributed by atoms with van der Waals surface area (Å²) in [6, 6.07) is 3.54. The van der Waals surface area contributed by atoms with Gasteiger partial charge in [0, 0.05) is 9.77 Å². The number of nitro benzene ring substituents is 1. The molecule has 0 aliphatic rings. The summed E-state index contributed by atoms with van der Waals surface area (Å²) in [4.78, 5) is 10.8. The predicted octanol–water partition coefficient (Wildman–Crippen LogP) is 2.46. The van der Waals surface area contributed by atoms with Crippen molar-refractivity contribution in [3.05, 3.63) is 36.2 Å². The minimum atomic E-state index is -0.567. The summed E-state index contributed by atoms with van der Waals surface area (Å²) < 4.78 is 6.09. The maximum absolute atomic E-state index is 11.4. The zero-order chi connectivity index (χ0) is 17.0. The number of nitrogens with one attached hydrogen (secondary N) is 2. The molecule has 1 aromatic heterocycles. The van der Waals surface area contributed by atoms with Gasteiger partial charge >= 0.3 is 5.69 Å². The molecule has 2 aromatic rings. The standard InChI is InChI=1S/C11H7BrIN7O3/c1-23-10-6(12)2-7(13)8(9(10)20(21)22)15-4-5(3-14)11-16-18-19-17-11/h2,4,15H,1H3,(H,16,17,18,19). The van der Waals surface area contributed by atoms with Gasteiger partial charge in [0.15, 0.2) is 0 Å². The quantitative estimate of drug-likeness (QED) is 0.281. The molecule has 1 heterocycles. The van der Waals surface area contributed by atoms with Gasteiger partial charge in [0.2, 0.25) is 11.6 Å². The Hall–Kier alpha value is -2.27. The molecule has 0 radical (unpaired) electrons. The van der Waals surface area contributed by atoms with E-state index in [1.807, 2.05) is 28.7 Å². The highest BCUT2D eigenvalue weighted by Crippen LogP contribution is 2.43. The second-order valence-corrected chi connectivity index (χ2v) is 5.92. The molecular weight excluding hydrogens is 485 g/mol. The van der Waals surface area contributed by atoms with Crippen LogP contribution in [0.25, 0.3) is 5.57 Å². The number of nitro groups is 1. The second-order valence-electron chi connectivity index (χ2n) is 3.90. The van der Waals surface area contributed by atoms with Gasteiger partial charge in [-0.1, -0.05) is 0 Å². The van der Waals surface area contributed by atoms with Gasteiger partial charge in [-0.05, 0) is 49.8 Å². The number of rotatable bonds is 5. The van der Waals surface area contributed by atoms with Crippen molar-refractivity contribution in [2.45, 2.75) is 0 Å². The first-order chi connectivity index (χ1) is 11.0. The van der Waals surface area contributed by atoms with E-state index in [4.69, 9.17) is 10.00 Å². The van der Waals surface area contributed by atoms with Crippen LogP contribution in [-0.2, 0) is 0 Å². The number of methoxy groups -OCH3 is 1. The van der Waals surface area contributed by atoms with Crippen molar-refractivity contribution in [1.82, 2.24) is 20.6 Å². The Morgan fingerprint density at radius 1 is 1.70 bits per heavy atom. The first-order valence-corrected chi connectivity index (χ1v) is 7.67. The average Bonchev–Trinajstić information content (AvgIpc) is 3.03. The highest BCUT2D eigenvalue weighted by molar-refractivity contribution is 14.1. The smallest absolute Gasteiger partial charge is 0.336 e. The lowest BCUT2D eigenvalue weighted by Crippen LogP contribution is -2.03. The normalized spacial score (nSPS) is 11.0. The van der Waals surface area contributed by atoms with Crippen LogP contribution in [0.2, 0.25) is 0 Å². The van der Waals surface area contributed by atoms with E-state index < -0.39 is 4.92 Å². The number of allylic oxidation sites excluding steroid dienone is 1. The van der Waals surface area contributed by atoms with Crippen molar-refractivity contribution < 1.29 is 9.66 Å². The summed E-state index contributed by atoms with van der Waals surface area (Å²) in [7, 11) is 1.33. The van der Waals surface area contributed by atoms with Gasteiger partial charge in [-0.25, -0.2) is 0 Å². The number of ether oxygens (including phenoxy) is 1. The molecule has 10 nitrogen and oxygen atoms in total. The fraction of sp³-hybridized carbons (Fsp3) is 0.0909. The molecule has 0 saturated carbocycles. The number of benzene rings is 1. The van der Waals surface area contributed by atoms with Crippen molar-refractivity contribution in [3.8, 4) is 11.8 Å². The number of tetrazole rings is 1. The zero-order valence-corrected chi connectivity index (χ0v) is 15.1. The van der Waals surface area contributed by atoms with Crippen LogP contribution in [0.3, 0.4) is 0 Å². The van der Waals surface area contributed by atoms with E-state index in [0.717, 1.165) is 0 Å². The van der Waals surface area contributed by atoms with Crippen LogP contribution < -0.4 is 10.1 Å². The molecule has 118 valence electrons. The van der Waals surface area contributed by atoms with Gasteiger partial charge in [0.25, 0.3) is 0 Å². The molecule has 2 rings (SSSR count).